The summed E-state index contributed by atoms with van der Waals surface area (Å²) in [5.74, 6) is 0.733. The summed E-state index contributed by atoms with van der Waals surface area (Å²) >= 11 is 3.38. The highest BCUT2D eigenvalue weighted by Gasteiger charge is 2.08. The third-order valence-corrected chi connectivity index (χ3v) is 3.65. The third-order valence-electron chi connectivity index (χ3n) is 2.01. The molecule has 0 aliphatic carbocycles. The van der Waals surface area contributed by atoms with Crippen molar-refractivity contribution in [2.24, 2.45) is 0 Å². The van der Waals surface area contributed by atoms with Crippen LogP contribution in [0.3, 0.4) is 0 Å². The Morgan fingerprint density at radius 2 is 2.27 bits per heavy atom. The third kappa shape index (κ3) is 2.08. The normalized spacial score (nSPS) is 10.9. The molecular formula is C10H13N3S2. The zero-order valence-electron chi connectivity index (χ0n) is 9.00. The highest BCUT2D eigenvalue weighted by Crippen LogP contribution is 2.30. The molecule has 2 rings (SSSR count). The summed E-state index contributed by atoms with van der Waals surface area (Å²) in [6.07, 6.45) is 2.05. The monoisotopic (exact) mass is 239 g/mol. The van der Waals surface area contributed by atoms with Crippen LogP contribution in [-0.4, -0.2) is 22.8 Å². The van der Waals surface area contributed by atoms with Gasteiger partial charge in [0.2, 0.25) is 5.95 Å². The highest BCUT2D eigenvalue weighted by molar-refractivity contribution is 7.98. The van der Waals surface area contributed by atoms with Crippen molar-refractivity contribution in [3.8, 4) is 0 Å². The van der Waals surface area contributed by atoms with Gasteiger partial charge in [0.15, 0.2) is 0 Å². The number of fused-ring (bicyclic) bond motifs is 1. The van der Waals surface area contributed by atoms with E-state index < -0.39 is 0 Å². The van der Waals surface area contributed by atoms with Crippen LogP contribution in [0, 0.1) is 6.92 Å². The van der Waals surface area contributed by atoms with Crippen LogP contribution in [0.25, 0.3) is 10.2 Å². The molecule has 0 amide bonds. The lowest BCUT2D eigenvalue weighted by Gasteiger charge is -2.03. The van der Waals surface area contributed by atoms with Gasteiger partial charge >= 0.3 is 0 Å². The lowest BCUT2D eigenvalue weighted by Crippen LogP contribution is -2.02. The van der Waals surface area contributed by atoms with E-state index in [2.05, 4.69) is 28.3 Å². The van der Waals surface area contributed by atoms with E-state index in [0.29, 0.717) is 0 Å². The van der Waals surface area contributed by atoms with E-state index in [0.717, 1.165) is 22.3 Å². The molecule has 2 heterocycles. The molecule has 0 aromatic carbocycles. The minimum Gasteiger partial charge on any atom is -0.354 e. The van der Waals surface area contributed by atoms with Crippen molar-refractivity contribution in [1.82, 2.24) is 9.97 Å². The van der Waals surface area contributed by atoms with Gasteiger partial charge in [-0.25, -0.2) is 9.97 Å². The first kappa shape index (κ1) is 10.7. The fraction of sp³-hybridized carbons (Fsp3) is 0.400. The molecule has 0 fully saturated rings. The van der Waals surface area contributed by atoms with E-state index in [1.807, 2.05) is 13.2 Å². The molecule has 0 aliphatic rings. The van der Waals surface area contributed by atoms with Gasteiger partial charge in [-0.2, -0.15) is 0 Å². The highest BCUT2D eigenvalue weighted by atomic mass is 32.2. The van der Waals surface area contributed by atoms with E-state index in [-0.39, 0.29) is 0 Å². The Kier molecular flexibility index (Phi) is 3.11. The average molecular weight is 239 g/mol. The van der Waals surface area contributed by atoms with Crippen LogP contribution in [0.2, 0.25) is 0 Å². The number of anilines is 1. The van der Waals surface area contributed by atoms with Gasteiger partial charge in [0.25, 0.3) is 0 Å². The Morgan fingerprint density at radius 3 is 2.93 bits per heavy atom. The summed E-state index contributed by atoms with van der Waals surface area (Å²) in [4.78, 5) is 11.3. The van der Waals surface area contributed by atoms with Crippen LogP contribution in [-0.2, 0) is 0 Å². The molecule has 2 aromatic heterocycles. The van der Waals surface area contributed by atoms with Crippen molar-refractivity contribution in [1.29, 1.82) is 0 Å². The van der Waals surface area contributed by atoms with Crippen LogP contribution >= 0.6 is 23.1 Å². The van der Waals surface area contributed by atoms with Crippen LogP contribution in [0.1, 0.15) is 11.8 Å². The molecule has 1 N–H and O–H groups in total. The number of thiophene rings is 1. The van der Waals surface area contributed by atoms with Gasteiger partial charge in [0.1, 0.15) is 9.86 Å². The minimum absolute atomic E-state index is 0.733. The Bertz CT molecular complexity index is 479. The second-order valence-electron chi connectivity index (χ2n) is 3.16. The van der Waals surface area contributed by atoms with Crippen molar-refractivity contribution in [2.75, 3.05) is 18.1 Å². The summed E-state index contributed by atoms with van der Waals surface area (Å²) in [7, 11) is 0. The van der Waals surface area contributed by atoms with Crippen LogP contribution < -0.4 is 5.32 Å². The first-order chi connectivity index (χ1) is 7.24. The second-order valence-corrected chi connectivity index (χ2v) is 5.19. The van der Waals surface area contributed by atoms with Crippen molar-refractivity contribution in [3.63, 3.8) is 0 Å². The van der Waals surface area contributed by atoms with E-state index in [4.69, 9.17) is 0 Å². The van der Waals surface area contributed by atoms with E-state index in [1.54, 1.807) is 23.1 Å². The molecule has 80 valence electrons. The van der Waals surface area contributed by atoms with Gasteiger partial charge in [-0.3, -0.25) is 0 Å². The van der Waals surface area contributed by atoms with Gasteiger partial charge in [0.05, 0.1) is 0 Å². The molecule has 0 saturated carbocycles. The second kappa shape index (κ2) is 4.37. The lowest BCUT2D eigenvalue weighted by molar-refractivity contribution is 1.06. The number of aryl methyl sites for hydroxylation is 1. The molecule has 0 atom stereocenters. The predicted octanol–water partition coefficient (Wildman–Crippen LogP) is 3.15. The summed E-state index contributed by atoms with van der Waals surface area (Å²) in [6.45, 7) is 5.00. The molecule has 0 radical (unpaired) electrons. The molecule has 3 nitrogen and oxygen atoms in total. The summed E-state index contributed by atoms with van der Waals surface area (Å²) < 4.78 is 0. The number of rotatable bonds is 3. The fourth-order valence-electron chi connectivity index (χ4n) is 1.41. The lowest BCUT2D eigenvalue weighted by atomic mass is 10.4. The van der Waals surface area contributed by atoms with E-state index in [9.17, 15) is 0 Å². The van der Waals surface area contributed by atoms with E-state index >= 15 is 0 Å². The number of hydrogen-bond acceptors (Lipinski definition) is 5. The fourth-order valence-corrected chi connectivity index (χ4v) is 2.91. The Morgan fingerprint density at radius 1 is 1.47 bits per heavy atom. The topological polar surface area (TPSA) is 37.8 Å². The van der Waals surface area contributed by atoms with Gasteiger partial charge in [-0.1, -0.05) is 0 Å². The number of nitrogens with zero attached hydrogens (tertiary/aromatic N) is 2. The Hall–Kier alpha value is -0.810. The van der Waals surface area contributed by atoms with Crippen LogP contribution in [0.5, 0.6) is 0 Å². The van der Waals surface area contributed by atoms with Gasteiger partial charge < -0.3 is 5.32 Å². The molecule has 0 saturated heterocycles. The Labute approximate surface area is 97.3 Å². The summed E-state index contributed by atoms with van der Waals surface area (Å²) in [6, 6.07) is 2.15. The maximum absolute atomic E-state index is 4.48. The Balaban J connectivity index is 2.59. The van der Waals surface area contributed by atoms with Gasteiger partial charge in [0, 0.05) is 16.8 Å². The smallest absolute Gasteiger partial charge is 0.225 e. The molecule has 5 heteroatoms. The van der Waals surface area contributed by atoms with Crippen molar-refractivity contribution < 1.29 is 0 Å². The molecule has 15 heavy (non-hydrogen) atoms. The molecule has 0 bridgehead atoms. The molecule has 0 unspecified atom stereocenters. The number of thioether (sulfide) groups is 1. The minimum atomic E-state index is 0.733. The standard InChI is InChI=1S/C10H13N3S2/c1-4-11-10-12-8(14-3)7-5-6(2)15-9(7)13-10/h5H,4H2,1-3H3,(H,11,12,13). The number of nitrogens with one attached hydrogen (secondary N) is 1. The molecule has 2 aromatic rings. The summed E-state index contributed by atoms with van der Waals surface area (Å²) in [5, 5.41) is 5.38. The number of aromatic nitrogens is 2. The maximum Gasteiger partial charge on any atom is 0.225 e. The average Bonchev–Trinajstić information content (AvgIpc) is 2.57. The zero-order chi connectivity index (χ0) is 10.8. The molecule has 0 spiro atoms. The van der Waals surface area contributed by atoms with Crippen molar-refractivity contribution >= 4 is 39.3 Å². The maximum atomic E-state index is 4.48. The largest absolute Gasteiger partial charge is 0.354 e. The first-order valence-electron chi connectivity index (χ1n) is 4.80. The van der Waals surface area contributed by atoms with Gasteiger partial charge in [-0.15, -0.1) is 23.1 Å². The first-order valence-corrected chi connectivity index (χ1v) is 6.84. The van der Waals surface area contributed by atoms with E-state index in [1.165, 1.54) is 10.3 Å². The zero-order valence-corrected chi connectivity index (χ0v) is 10.6. The van der Waals surface area contributed by atoms with Gasteiger partial charge in [-0.05, 0) is 26.2 Å². The van der Waals surface area contributed by atoms with Crippen LogP contribution in [0.4, 0.5) is 5.95 Å². The predicted molar refractivity (Wildman–Crippen MR) is 68.1 cm³/mol. The number of hydrogen-bond donors (Lipinski definition) is 1. The van der Waals surface area contributed by atoms with Crippen molar-refractivity contribution in [3.05, 3.63) is 10.9 Å². The SMILES string of the molecule is CCNc1nc(SC)c2cc(C)sc2n1. The molecule has 0 aliphatic heterocycles. The molecular weight excluding hydrogens is 226 g/mol. The summed E-state index contributed by atoms with van der Waals surface area (Å²) in [5.41, 5.74) is 0. The van der Waals surface area contributed by atoms with Crippen LogP contribution in [0.15, 0.2) is 11.1 Å². The quantitative estimate of drug-likeness (QED) is 0.659. The van der Waals surface area contributed by atoms with Crippen molar-refractivity contribution in [2.45, 2.75) is 18.9 Å².